The first-order valence-electron chi connectivity index (χ1n) is 4.03. The lowest BCUT2D eigenvalue weighted by molar-refractivity contribution is -0.154. The second-order valence-electron chi connectivity index (χ2n) is 2.87. The molecule has 70 valence electrons. The number of esters is 1. The predicted molar refractivity (Wildman–Crippen MR) is 48.3 cm³/mol. The Bertz CT molecular complexity index is 154. The molecule has 0 spiro atoms. The van der Waals surface area contributed by atoms with Crippen LogP contribution in [0.15, 0.2) is 0 Å². The van der Waals surface area contributed by atoms with Crippen LogP contribution in [0, 0.1) is 5.92 Å². The van der Waals surface area contributed by atoms with E-state index in [4.69, 9.17) is 4.74 Å². The van der Waals surface area contributed by atoms with Gasteiger partial charge in [0.25, 0.3) is 0 Å². The van der Waals surface area contributed by atoms with Crippen molar-refractivity contribution >= 4 is 21.9 Å². The van der Waals surface area contributed by atoms with Gasteiger partial charge in [-0.2, -0.15) is 0 Å². The second-order valence-corrected chi connectivity index (χ2v) is 3.67. The van der Waals surface area contributed by atoms with Gasteiger partial charge in [0.05, 0.1) is 25.7 Å². The number of carbonyl (C=O) groups is 1. The van der Waals surface area contributed by atoms with Gasteiger partial charge in [-0.15, -0.1) is 0 Å². The zero-order chi connectivity index (χ0) is 8.97. The third-order valence-corrected chi connectivity index (χ3v) is 2.38. The smallest absolute Gasteiger partial charge is 0.308 e. The van der Waals surface area contributed by atoms with E-state index in [1.165, 1.54) is 7.11 Å². The zero-order valence-electron chi connectivity index (χ0n) is 7.09. The largest absolute Gasteiger partial charge is 0.469 e. The Morgan fingerprint density at radius 3 is 2.75 bits per heavy atom. The van der Waals surface area contributed by atoms with Crippen molar-refractivity contribution in [2.45, 2.75) is 18.9 Å². The van der Waals surface area contributed by atoms with Crippen LogP contribution in [-0.2, 0) is 14.3 Å². The Morgan fingerprint density at radius 1 is 1.58 bits per heavy atom. The molecule has 12 heavy (non-hydrogen) atoms. The van der Waals surface area contributed by atoms with Gasteiger partial charge in [0, 0.05) is 5.33 Å². The maximum atomic E-state index is 10.9. The Morgan fingerprint density at radius 2 is 2.25 bits per heavy atom. The molecule has 1 fully saturated rings. The molecule has 0 unspecified atom stereocenters. The summed E-state index contributed by atoms with van der Waals surface area (Å²) in [5.41, 5.74) is 0. The molecule has 0 aromatic carbocycles. The standard InChI is InChI=1S/C8H13BrO3/c1-11-8(10)6-4-7(5-6)12-3-2-9/h6-7H,2-5H2,1H3/t6-,7-. The lowest BCUT2D eigenvalue weighted by Crippen LogP contribution is -2.37. The van der Waals surface area contributed by atoms with Gasteiger partial charge in [-0.1, -0.05) is 15.9 Å². The average Bonchev–Trinajstić information content (AvgIpc) is 2.01. The van der Waals surface area contributed by atoms with E-state index >= 15 is 0 Å². The van der Waals surface area contributed by atoms with E-state index in [0.717, 1.165) is 24.8 Å². The number of alkyl halides is 1. The van der Waals surface area contributed by atoms with Crippen molar-refractivity contribution in [3.63, 3.8) is 0 Å². The molecular weight excluding hydrogens is 224 g/mol. The SMILES string of the molecule is COC(=O)[C@H]1C[C@H](OCCBr)C1. The van der Waals surface area contributed by atoms with Gasteiger partial charge in [-0.25, -0.2) is 0 Å². The van der Waals surface area contributed by atoms with E-state index in [-0.39, 0.29) is 18.0 Å². The zero-order valence-corrected chi connectivity index (χ0v) is 8.67. The Balaban J connectivity index is 2.07. The summed E-state index contributed by atoms with van der Waals surface area (Å²) < 4.78 is 10.0. The highest BCUT2D eigenvalue weighted by atomic mass is 79.9. The summed E-state index contributed by atoms with van der Waals surface area (Å²) >= 11 is 3.27. The molecule has 0 aromatic heterocycles. The van der Waals surface area contributed by atoms with Gasteiger partial charge in [0.2, 0.25) is 0 Å². The molecule has 4 heteroatoms. The molecule has 3 nitrogen and oxygen atoms in total. The first-order valence-corrected chi connectivity index (χ1v) is 5.15. The van der Waals surface area contributed by atoms with Gasteiger partial charge in [0.1, 0.15) is 0 Å². The van der Waals surface area contributed by atoms with Gasteiger partial charge >= 0.3 is 5.97 Å². The Kier molecular flexibility index (Phi) is 4.01. The summed E-state index contributed by atoms with van der Waals surface area (Å²) in [6, 6.07) is 0. The minimum absolute atomic E-state index is 0.0790. The average molecular weight is 237 g/mol. The van der Waals surface area contributed by atoms with Crippen LogP contribution in [0.2, 0.25) is 0 Å². The molecule has 0 radical (unpaired) electrons. The van der Waals surface area contributed by atoms with E-state index < -0.39 is 0 Å². The molecule has 0 atom stereocenters. The highest BCUT2D eigenvalue weighted by Crippen LogP contribution is 2.30. The van der Waals surface area contributed by atoms with Gasteiger partial charge in [-0.3, -0.25) is 4.79 Å². The van der Waals surface area contributed by atoms with Crippen LogP contribution in [0.4, 0.5) is 0 Å². The van der Waals surface area contributed by atoms with Gasteiger partial charge < -0.3 is 9.47 Å². The van der Waals surface area contributed by atoms with Crippen LogP contribution in [-0.4, -0.2) is 31.1 Å². The van der Waals surface area contributed by atoms with Crippen LogP contribution in [0.5, 0.6) is 0 Å². The molecule has 0 heterocycles. The molecule has 1 aliphatic rings. The second kappa shape index (κ2) is 4.82. The maximum absolute atomic E-state index is 10.9. The molecule has 0 bridgehead atoms. The first kappa shape index (κ1) is 9.99. The summed E-state index contributed by atoms with van der Waals surface area (Å²) in [6.45, 7) is 0.721. The molecular formula is C8H13BrO3. The Labute approximate surface area is 80.5 Å². The van der Waals surface area contributed by atoms with Crippen LogP contribution in [0.1, 0.15) is 12.8 Å². The summed E-state index contributed by atoms with van der Waals surface area (Å²) in [4.78, 5) is 10.9. The summed E-state index contributed by atoms with van der Waals surface area (Å²) in [5.74, 6) is -0.0241. The molecule has 0 N–H and O–H groups in total. The third-order valence-electron chi connectivity index (χ3n) is 2.06. The highest BCUT2D eigenvalue weighted by molar-refractivity contribution is 9.09. The fourth-order valence-corrected chi connectivity index (χ4v) is 1.46. The number of halogens is 1. The molecule has 1 aliphatic carbocycles. The molecule has 1 rings (SSSR count). The highest BCUT2D eigenvalue weighted by Gasteiger charge is 2.35. The third kappa shape index (κ3) is 2.45. The van der Waals surface area contributed by atoms with Crippen molar-refractivity contribution < 1.29 is 14.3 Å². The Hall–Kier alpha value is -0.0900. The molecule has 0 amide bonds. The molecule has 0 saturated heterocycles. The van der Waals surface area contributed by atoms with Crippen LogP contribution < -0.4 is 0 Å². The number of ether oxygens (including phenoxy) is 2. The van der Waals surface area contributed by atoms with E-state index in [0.29, 0.717) is 0 Å². The fourth-order valence-electron chi connectivity index (χ4n) is 1.27. The van der Waals surface area contributed by atoms with Crippen LogP contribution >= 0.6 is 15.9 Å². The minimum Gasteiger partial charge on any atom is -0.469 e. The van der Waals surface area contributed by atoms with Crippen molar-refractivity contribution in [2.75, 3.05) is 19.0 Å². The number of hydrogen-bond donors (Lipinski definition) is 0. The number of rotatable bonds is 4. The predicted octanol–water partition coefficient (Wildman–Crippen LogP) is 1.35. The van der Waals surface area contributed by atoms with Crippen molar-refractivity contribution in [1.29, 1.82) is 0 Å². The quantitative estimate of drug-likeness (QED) is 0.547. The van der Waals surface area contributed by atoms with Crippen molar-refractivity contribution in [3.05, 3.63) is 0 Å². The first-order chi connectivity index (χ1) is 5.77. The van der Waals surface area contributed by atoms with E-state index in [9.17, 15) is 4.79 Å². The van der Waals surface area contributed by atoms with Crippen molar-refractivity contribution in [2.24, 2.45) is 5.92 Å². The van der Waals surface area contributed by atoms with E-state index in [2.05, 4.69) is 20.7 Å². The normalized spacial score (nSPS) is 27.8. The van der Waals surface area contributed by atoms with Crippen molar-refractivity contribution in [3.8, 4) is 0 Å². The monoisotopic (exact) mass is 236 g/mol. The minimum atomic E-state index is -0.103. The number of hydrogen-bond acceptors (Lipinski definition) is 3. The lowest BCUT2D eigenvalue weighted by atomic mass is 9.82. The van der Waals surface area contributed by atoms with Crippen LogP contribution in [0.25, 0.3) is 0 Å². The maximum Gasteiger partial charge on any atom is 0.308 e. The summed E-state index contributed by atoms with van der Waals surface area (Å²) in [7, 11) is 1.43. The molecule has 0 aliphatic heterocycles. The summed E-state index contributed by atoms with van der Waals surface area (Å²) in [5, 5.41) is 0.854. The molecule has 0 aromatic rings. The molecule has 1 saturated carbocycles. The van der Waals surface area contributed by atoms with E-state index in [1.54, 1.807) is 0 Å². The van der Waals surface area contributed by atoms with Crippen LogP contribution in [0.3, 0.4) is 0 Å². The number of carbonyl (C=O) groups excluding carboxylic acids is 1. The summed E-state index contributed by atoms with van der Waals surface area (Å²) in [6.07, 6.45) is 1.91. The van der Waals surface area contributed by atoms with E-state index in [1.807, 2.05) is 0 Å². The topological polar surface area (TPSA) is 35.5 Å². The van der Waals surface area contributed by atoms with Gasteiger partial charge in [-0.05, 0) is 12.8 Å². The van der Waals surface area contributed by atoms with Crippen molar-refractivity contribution in [1.82, 2.24) is 0 Å². The fraction of sp³-hybridized carbons (Fsp3) is 0.875. The van der Waals surface area contributed by atoms with Gasteiger partial charge in [0.15, 0.2) is 0 Å². The lowest BCUT2D eigenvalue weighted by Gasteiger charge is -2.32. The number of methoxy groups -OCH3 is 1.